The first-order valence-electron chi connectivity index (χ1n) is 9.03. The summed E-state index contributed by atoms with van der Waals surface area (Å²) in [5, 5.41) is 10.8. The number of halogens is 3. The molecule has 1 aliphatic carbocycles. The first kappa shape index (κ1) is 20.3. The third-order valence-electron chi connectivity index (χ3n) is 4.85. The highest BCUT2D eigenvalue weighted by atomic mass is 19.4. The van der Waals surface area contributed by atoms with Crippen LogP contribution in [0.2, 0.25) is 0 Å². The number of hydrogen-bond donors (Lipinski definition) is 1. The second-order valence-electron chi connectivity index (χ2n) is 6.76. The van der Waals surface area contributed by atoms with Gasteiger partial charge in [0.2, 0.25) is 0 Å². The number of aromatic nitrogens is 3. The summed E-state index contributed by atoms with van der Waals surface area (Å²) < 4.78 is 48.5. The van der Waals surface area contributed by atoms with Crippen molar-refractivity contribution in [3.63, 3.8) is 0 Å². The Bertz CT molecular complexity index is 829. The van der Waals surface area contributed by atoms with Crippen LogP contribution >= 0.6 is 0 Å². The molecule has 8 heteroatoms. The summed E-state index contributed by atoms with van der Waals surface area (Å²) in [6.45, 7) is 1.15. The highest BCUT2D eigenvalue weighted by molar-refractivity contribution is 5.75. The predicted octanol–water partition coefficient (Wildman–Crippen LogP) is 3.61. The van der Waals surface area contributed by atoms with Gasteiger partial charge in [-0.3, -0.25) is 0 Å². The minimum absolute atomic E-state index is 0.133. The molecule has 1 aromatic carbocycles. The average molecular weight is 392 g/mol. The second kappa shape index (κ2) is 8.70. The molecule has 3 rings (SSSR count). The van der Waals surface area contributed by atoms with Crippen LogP contribution in [-0.2, 0) is 17.8 Å². The van der Waals surface area contributed by atoms with Crippen LogP contribution in [0.15, 0.2) is 54.9 Å². The van der Waals surface area contributed by atoms with E-state index in [0.717, 1.165) is 11.1 Å². The molecule has 150 valence electrons. The van der Waals surface area contributed by atoms with Crippen LogP contribution in [0.1, 0.15) is 17.8 Å². The Balaban J connectivity index is 1.78. The van der Waals surface area contributed by atoms with E-state index in [1.807, 2.05) is 30.3 Å². The van der Waals surface area contributed by atoms with Crippen molar-refractivity contribution in [3.05, 3.63) is 66.3 Å². The van der Waals surface area contributed by atoms with Crippen LogP contribution in [0, 0.1) is 5.41 Å². The molecule has 5 nitrogen and oxygen atoms in total. The number of ether oxygens (including phenoxy) is 1. The maximum atomic E-state index is 14.0. The molecule has 0 radical (unpaired) electrons. The van der Waals surface area contributed by atoms with E-state index in [1.54, 1.807) is 19.3 Å². The molecule has 1 heterocycles. The van der Waals surface area contributed by atoms with Crippen molar-refractivity contribution in [3.8, 4) is 0 Å². The molecule has 0 bridgehead atoms. The largest absolute Gasteiger partial charge is 0.399 e. The second-order valence-corrected chi connectivity index (χ2v) is 6.76. The SMILES string of the molecule is COCCNCc1nncn1CC1(C(F)(F)F)C=CC(c2ccccc2)=CC1. The van der Waals surface area contributed by atoms with Crippen LogP contribution in [0.3, 0.4) is 0 Å². The summed E-state index contributed by atoms with van der Waals surface area (Å²) in [5.74, 6) is 0.464. The summed E-state index contributed by atoms with van der Waals surface area (Å²) in [6, 6.07) is 9.40. The molecular formula is C20H23F3N4O. The lowest BCUT2D eigenvalue weighted by atomic mass is 9.78. The van der Waals surface area contributed by atoms with Gasteiger partial charge in [-0.25, -0.2) is 0 Å². The van der Waals surface area contributed by atoms with Crippen molar-refractivity contribution >= 4 is 5.57 Å². The number of allylic oxidation sites excluding steroid dienone is 4. The quantitative estimate of drug-likeness (QED) is 0.698. The molecule has 0 saturated heterocycles. The van der Waals surface area contributed by atoms with Gasteiger partial charge >= 0.3 is 6.18 Å². The van der Waals surface area contributed by atoms with Gasteiger partial charge in [-0.15, -0.1) is 10.2 Å². The lowest BCUT2D eigenvalue weighted by molar-refractivity contribution is -0.209. The van der Waals surface area contributed by atoms with E-state index in [-0.39, 0.29) is 13.0 Å². The molecule has 1 aromatic heterocycles. The normalized spacial score (nSPS) is 19.6. The van der Waals surface area contributed by atoms with Crippen molar-refractivity contribution in [2.75, 3.05) is 20.3 Å². The van der Waals surface area contributed by atoms with Crippen molar-refractivity contribution < 1.29 is 17.9 Å². The number of alkyl halides is 3. The molecule has 2 aromatic rings. The topological polar surface area (TPSA) is 52.0 Å². The van der Waals surface area contributed by atoms with Crippen LogP contribution in [0.25, 0.3) is 5.57 Å². The van der Waals surface area contributed by atoms with Crippen molar-refractivity contribution in [1.29, 1.82) is 0 Å². The van der Waals surface area contributed by atoms with E-state index < -0.39 is 11.6 Å². The molecule has 0 fully saturated rings. The van der Waals surface area contributed by atoms with E-state index in [4.69, 9.17) is 4.74 Å². The molecule has 0 amide bonds. The van der Waals surface area contributed by atoms with Gasteiger partial charge in [0.1, 0.15) is 17.6 Å². The van der Waals surface area contributed by atoms with Gasteiger partial charge in [0.05, 0.1) is 13.2 Å². The van der Waals surface area contributed by atoms with E-state index in [2.05, 4.69) is 15.5 Å². The zero-order valence-corrected chi connectivity index (χ0v) is 15.6. The van der Waals surface area contributed by atoms with Gasteiger partial charge in [0.25, 0.3) is 0 Å². The predicted molar refractivity (Wildman–Crippen MR) is 100 cm³/mol. The highest BCUT2D eigenvalue weighted by Gasteiger charge is 2.53. The van der Waals surface area contributed by atoms with Gasteiger partial charge in [0.15, 0.2) is 0 Å². The van der Waals surface area contributed by atoms with Gasteiger partial charge in [-0.2, -0.15) is 13.2 Å². The summed E-state index contributed by atoms with van der Waals surface area (Å²) in [7, 11) is 1.59. The van der Waals surface area contributed by atoms with E-state index >= 15 is 0 Å². The van der Waals surface area contributed by atoms with Crippen LogP contribution in [-0.4, -0.2) is 41.2 Å². The average Bonchev–Trinajstić information content (AvgIpc) is 3.12. The molecule has 0 aliphatic heterocycles. The maximum Gasteiger partial charge on any atom is 0.399 e. The Morgan fingerprint density at radius 2 is 2.04 bits per heavy atom. The summed E-state index contributed by atoms with van der Waals surface area (Å²) in [5.41, 5.74) is -0.290. The minimum atomic E-state index is -4.40. The molecular weight excluding hydrogens is 369 g/mol. The summed E-state index contributed by atoms with van der Waals surface area (Å²) >= 11 is 0. The molecule has 1 aliphatic rings. The standard InChI is InChI=1S/C20H23F3N4O/c1-28-12-11-24-13-18-26-25-15-27(18)14-19(20(21,22)23)9-7-17(8-10-19)16-5-3-2-4-6-16/h2-9,15,24H,10-14H2,1H3. The van der Waals surface area contributed by atoms with Crippen LogP contribution in [0.5, 0.6) is 0 Å². The maximum absolute atomic E-state index is 14.0. The number of hydrogen-bond acceptors (Lipinski definition) is 4. The highest BCUT2D eigenvalue weighted by Crippen LogP contribution is 2.47. The molecule has 1 N–H and O–H groups in total. The van der Waals surface area contributed by atoms with Gasteiger partial charge < -0.3 is 14.6 Å². The minimum Gasteiger partial charge on any atom is -0.383 e. The number of nitrogens with zero attached hydrogens (tertiary/aromatic N) is 3. The number of nitrogens with one attached hydrogen (secondary N) is 1. The fourth-order valence-corrected chi connectivity index (χ4v) is 3.17. The van der Waals surface area contributed by atoms with Crippen molar-refractivity contribution in [1.82, 2.24) is 20.1 Å². The molecule has 28 heavy (non-hydrogen) atoms. The first-order valence-corrected chi connectivity index (χ1v) is 9.03. The van der Waals surface area contributed by atoms with E-state index in [0.29, 0.717) is 25.5 Å². The molecule has 0 saturated carbocycles. The zero-order valence-electron chi connectivity index (χ0n) is 15.6. The van der Waals surface area contributed by atoms with Crippen LogP contribution < -0.4 is 5.32 Å². The van der Waals surface area contributed by atoms with Crippen molar-refractivity contribution in [2.24, 2.45) is 5.41 Å². The number of benzene rings is 1. The summed E-state index contributed by atoms with van der Waals surface area (Å²) in [6.07, 6.45) is 1.32. The Morgan fingerprint density at radius 1 is 1.25 bits per heavy atom. The van der Waals surface area contributed by atoms with Gasteiger partial charge in [0, 0.05) is 20.2 Å². The van der Waals surface area contributed by atoms with Gasteiger partial charge in [-0.05, 0) is 17.6 Å². The monoisotopic (exact) mass is 392 g/mol. The van der Waals surface area contributed by atoms with Crippen molar-refractivity contribution in [2.45, 2.75) is 25.7 Å². The lowest BCUT2D eigenvalue weighted by Gasteiger charge is -2.35. The van der Waals surface area contributed by atoms with Crippen LogP contribution in [0.4, 0.5) is 13.2 Å². The zero-order chi connectivity index (χ0) is 20.0. The molecule has 1 atom stereocenters. The lowest BCUT2D eigenvalue weighted by Crippen LogP contribution is -2.41. The summed E-state index contributed by atoms with van der Waals surface area (Å²) in [4.78, 5) is 0. The fourth-order valence-electron chi connectivity index (χ4n) is 3.17. The number of rotatable bonds is 8. The Kier molecular flexibility index (Phi) is 6.31. The molecule has 1 unspecified atom stereocenters. The first-order chi connectivity index (χ1) is 13.5. The van der Waals surface area contributed by atoms with E-state index in [1.165, 1.54) is 17.0 Å². The third kappa shape index (κ3) is 4.51. The molecule has 0 spiro atoms. The third-order valence-corrected chi connectivity index (χ3v) is 4.85. The Hall–Kier alpha value is -2.45. The fraction of sp³-hybridized carbons (Fsp3) is 0.400. The number of methoxy groups -OCH3 is 1. The van der Waals surface area contributed by atoms with Gasteiger partial charge in [-0.1, -0.05) is 48.6 Å². The Morgan fingerprint density at radius 3 is 2.68 bits per heavy atom. The Labute approximate surface area is 161 Å². The smallest absolute Gasteiger partial charge is 0.383 e. The van der Waals surface area contributed by atoms with E-state index in [9.17, 15) is 13.2 Å².